The van der Waals surface area contributed by atoms with Crippen LogP contribution in [0.15, 0.2) is 118 Å². The number of aromatic nitrogens is 2. The summed E-state index contributed by atoms with van der Waals surface area (Å²) in [5.41, 5.74) is -8.77. The van der Waals surface area contributed by atoms with E-state index in [1.165, 1.54) is 50.6 Å². The van der Waals surface area contributed by atoms with Crippen molar-refractivity contribution in [1.29, 1.82) is 0 Å². The molecule has 2 amide bonds. The zero-order valence-corrected chi connectivity index (χ0v) is 50.1. The predicted octanol–water partition coefficient (Wildman–Crippen LogP) is 4.00. The summed E-state index contributed by atoms with van der Waals surface area (Å²) in [4.78, 5) is 127. The van der Waals surface area contributed by atoms with Gasteiger partial charge < -0.3 is 64.2 Å². The molecule has 5 aliphatic rings. The molecule has 1 aromatic heterocycles. The van der Waals surface area contributed by atoms with Gasteiger partial charge in [-0.1, -0.05) is 93.4 Å². The standard InChI is InChI=1S/C64H76N4O20/c1-35-32-68(47-29-42(72)44(33-69)84-47)60(80)67(56(35)76)28-20-9-8-19-27-65-59(79)86-45-30-46-63(34-82-46,88-38(4)71)52-54(87-57(77)41-25-17-12-18-26-41)64(81)31-43(36(2)48(61(64,5)6)51(83-37(3)70)53(74)62(45,52)7)85-58(78)50(73)49(39-21-13-10-14-22-39)66-55(75)40-23-15-11-16-24-40/h10-18,21-26,32,42-47,49-52,54,69,72-73,81H,8-9,19-20,27-31,33-34H2,1-7H3,(H,65,79)(H,66,75)/t42?,43-,44+,45-,46?,47+,49-,50+,51+,52-,54-,62?,63+,64+/m0/s1. The summed E-state index contributed by atoms with van der Waals surface area (Å²) in [6.07, 6.45) is -11.9. The maximum Gasteiger partial charge on any atom is 0.407 e. The quantitative estimate of drug-likeness (QED) is 0.0315. The number of alkyl carbamates (subject to hydrolysis) is 1. The number of aryl methyl sites for hydroxylation is 1. The fraction of sp³-hybridized carbons (Fsp3) is 0.516. The molecule has 2 aliphatic heterocycles. The molecule has 24 heteroatoms. The molecule has 2 saturated heterocycles. The third kappa shape index (κ3) is 12.2. The molecular weight excluding hydrogens is 1140 g/mol. The molecule has 24 nitrogen and oxygen atoms in total. The van der Waals surface area contributed by atoms with Crippen molar-refractivity contribution >= 4 is 41.7 Å². The van der Waals surface area contributed by atoms with E-state index in [4.69, 9.17) is 33.2 Å². The van der Waals surface area contributed by atoms with Crippen LogP contribution >= 0.6 is 0 Å². The van der Waals surface area contributed by atoms with Crippen LogP contribution in [0.5, 0.6) is 0 Å². The Labute approximate surface area is 507 Å². The number of ketones is 1. The van der Waals surface area contributed by atoms with Gasteiger partial charge in [0.2, 0.25) is 0 Å². The smallest absolute Gasteiger partial charge is 0.407 e. The van der Waals surface area contributed by atoms with Crippen molar-refractivity contribution in [2.75, 3.05) is 19.8 Å². The van der Waals surface area contributed by atoms with E-state index in [1.807, 2.05) is 0 Å². The highest BCUT2D eigenvalue weighted by molar-refractivity contribution is 5.96. The average molecular weight is 1220 g/mol. The normalized spacial score (nSPS) is 29.3. The van der Waals surface area contributed by atoms with Gasteiger partial charge in [0, 0.05) is 68.9 Å². The Kier molecular flexibility index (Phi) is 19.1. The minimum Gasteiger partial charge on any atom is -0.456 e. The Morgan fingerprint density at radius 1 is 0.795 bits per heavy atom. The number of carbonyl (C=O) groups is 7. The van der Waals surface area contributed by atoms with Crippen LogP contribution in [0.1, 0.15) is 131 Å². The van der Waals surface area contributed by atoms with E-state index in [1.54, 1.807) is 85.8 Å². The molecule has 472 valence electrons. The molecule has 0 radical (unpaired) electrons. The molecule has 3 heterocycles. The second-order valence-corrected chi connectivity index (χ2v) is 24.1. The number of hydrogen-bond acceptors (Lipinski definition) is 20. The lowest BCUT2D eigenvalue weighted by Gasteiger charge is -2.67. The fourth-order valence-electron chi connectivity index (χ4n) is 13.7. The molecular formula is C64H76N4O20. The number of unbranched alkanes of at least 4 members (excludes halogenated alkanes) is 3. The summed E-state index contributed by atoms with van der Waals surface area (Å²) >= 11 is 0. The molecule has 3 aromatic carbocycles. The SMILES string of the molecule is CC(=O)O[C@H]1C(=O)C2(C)[C@@H](OC(=O)NCCCCCCn3c(=O)c(C)cn([C@H]4CC(O)[C@@H](CO)O4)c3=O)CC3OC[C@]3(OC(C)=O)[C@H]2[C@H](OC(=O)c2ccccc2)[C@]2(O)C[C@H](OC(=O)[C@H](O)[C@@H](NC(=O)c3ccccc3)c3ccccc3)C(C)=C1C2(C)C. The first-order chi connectivity index (χ1) is 41.8. The van der Waals surface area contributed by atoms with Gasteiger partial charge >= 0.3 is 35.7 Å². The number of carbonyl (C=O) groups excluding carboxylic acids is 7. The first-order valence-corrected chi connectivity index (χ1v) is 29.5. The minimum atomic E-state index is -2.54. The zero-order chi connectivity index (χ0) is 63.6. The van der Waals surface area contributed by atoms with Crippen molar-refractivity contribution in [3.63, 3.8) is 0 Å². The number of ether oxygens (including phenoxy) is 7. The van der Waals surface area contributed by atoms with Gasteiger partial charge in [-0.15, -0.1) is 0 Å². The van der Waals surface area contributed by atoms with E-state index in [2.05, 4.69) is 10.6 Å². The molecule has 88 heavy (non-hydrogen) atoms. The maximum absolute atomic E-state index is 16.4. The summed E-state index contributed by atoms with van der Waals surface area (Å²) in [7, 11) is 0. The van der Waals surface area contributed by atoms with Gasteiger partial charge in [0.1, 0.15) is 42.3 Å². The summed E-state index contributed by atoms with van der Waals surface area (Å²) in [5, 5.41) is 51.5. The number of benzene rings is 3. The molecule has 3 unspecified atom stereocenters. The zero-order valence-electron chi connectivity index (χ0n) is 50.1. The molecule has 4 aromatic rings. The van der Waals surface area contributed by atoms with E-state index in [-0.39, 0.29) is 53.8 Å². The lowest BCUT2D eigenvalue weighted by Crippen LogP contribution is -2.82. The Bertz CT molecular complexity index is 3440. The Morgan fingerprint density at radius 3 is 2.03 bits per heavy atom. The number of aliphatic hydroxyl groups excluding tert-OH is 3. The molecule has 6 N–H and O–H groups in total. The van der Waals surface area contributed by atoms with Crippen molar-refractivity contribution in [2.24, 2.45) is 16.7 Å². The predicted molar refractivity (Wildman–Crippen MR) is 310 cm³/mol. The van der Waals surface area contributed by atoms with Crippen molar-refractivity contribution in [1.82, 2.24) is 19.8 Å². The highest BCUT2D eigenvalue weighted by Crippen LogP contribution is 2.65. The summed E-state index contributed by atoms with van der Waals surface area (Å²) in [5.74, 6) is -7.40. The molecule has 14 atom stereocenters. The number of hydrogen-bond donors (Lipinski definition) is 6. The highest BCUT2D eigenvalue weighted by Gasteiger charge is 2.79. The molecule has 0 spiro atoms. The van der Waals surface area contributed by atoms with Crippen molar-refractivity contribution in [3.05, 3.63) is 151 Å². The summed E-state index contributed by atoms with van der Waals surface area (Å²) < 4.78 is 45.5. The lowest BCUT2D eigenvalue weighted by atomic mass is 9.44. The topological polar surface area (TPSA) is 333 Å². The minimum absolute atomic E-state index is 0.00183. The van der Waals surface area contributed by atoms with Gasteiger partial charge in [-0.05, 0) is 74.6 Å². The van der Waals surface area contributed by atoms with Crippen LogP contribution in [0.3, 0.4) is 0 Å². The van der Waals surface area contributed by atoms with Crippen LogP contribution < -0.4 is 21.9 Å². The first-order valence-electron chi connectivity index (χ1n) is 29.5. The molecule has 4 fully saturated rings. The van der Waals surface area contributed by atoms with Gasteiger partial charge in [-0.25, -0.2) is 19.2 Å². The van der Waals surface area contributed by atoms with Gasteiger partial charge in [-0.3, -0.25) is 33.1 Å². The fourth-order valence-corrected chi connectivity index (χ4v) is 13.7. The second-order valence-electron chi connectivity index (χ2n) is 24.1. The lowest BCUT2D eigenvalue weighted by molar-refractivity contribution is -0.345. The average Bonchev–Trinajstić information content (AvgIpc) is 0.708. The summed E-state index contributed by atoms with van der Waals surface area (Å²) in [6.45, 7) is 8.91. The number of amides is 2. The molecule has 2 bridgehead atoms. The van der Waals surface area contributed by atoms with Gasteiger partial charge in [-0.2, -0.15) is 0 Å². The van der Waals surface area contributed by atoms with E-state index < -0.39 is 162 Å². The molecule has 3 aliphatic carbocycles. The molecule has 9 rings (SSSR count). The van der Waals surface area contributed by atoms with Crippen molar-refractivity contribution in [3.8, 4) is 0 Å². The van der Waals surface area contributed by atoms with Gasteiger partial charge in [0.05, 0.1) is 42.3 Å². The van der Waals surface area contributed by atoms with Crippen LogP contribution in [0.4, 0.5) is 4.79 Å². The van der Waals surface area contributed by atoms with Crippen molar-refractivity contribution < 1.29 is 87.1 Å². The monoisotopic (exact) mass is 1220 g/mol. The number of aliphatic hydroxyl groups is 4. The van der Waals surface area contributed by atoms with Crippen molar-refractivity contribution in [2.45, 2.75) is 172 Å². The second kappa shape index (κ2) is 26.1. The number of nitrogens with zero attached hydrogens (tertiary/aromatic N) is 2. The molecule has 2 saturated carbocycles. The van der Waals surface area contributed by atoms with Gasteiger partial charge in [0.15, 0.2) is 23.6 Å². The van der Waals surface area contributed by atoms with Crippen LogP contribution in [0.2, 0.25) is 0 Å². The Hall–Kier alpha value is -7.87. The number of rotatable bonds is 20. The van der Waals surface area contributed by atoms with E-state index in [9.17, 15) is 58.8 Å². The number of esters is 4. The van der Waals surface area contributed by atoms with Crippen LogP contribution in [-0.4, -0.2) is 151 Å². The Balaban J connectivity index is 1.03. The van der Waals surface area contributed by atoms with E-state index in [0.29, 0.717) is 31.2 Å². The van der Waals surface area contributed by atoms with Gasteiger partial charge in [0.25, 0.3) is 11.5 Å². The third-order valence-electron chi connectivity index (χ3n) is 18.3. The number of fused-ring (bicyclic) bond motifs is 5. The van der Waals surface area contributed by atoms with E-state index in [0.717, 1.165) is 18.4 Å². The Morgan fingerprint density at radius 2 is 1.43 bits per heavy atom. The number of Topliss-reactive ketones (excluding diaryl/α,β-unsaturated/α-hetero) is 1. The first kappa shape index (κ1) is 64.6. The third-order valence-corrected chi connectivity index (χ3v) is 18.3. The maximum atomic E-state index is 16.4. The van der Waals surface area contributed by atoms with E-state index >= 15 is 4.79 Å². The highest BCUT2D eigenvalue weighted by atomic mass is 16.6. The number of nitrogens with one attached hydrogen (secondary N) is 2. The largest absolute Gasteiger partial charge is 0.456 e. The summed E-state index contributed by atoms with van der Waals surface area (Å²) in [6, 6.07) is 22.5. The van der Waals surface area contributed by atoms with Crippen LogP contribution in [0.25, 0.3) is 0 Å². The van der Waals surface area contributed by atoms with Crippen LogP contribution in [-0.2, 0) is 58.9 Å². The van der Waals surface area contributed by atoms with Crippen LogP contribution in [0, 0.1) is 23.7 Å².